The molecule has 6 heteroatoms. The van der Waals surface area contributed by atoms with Gasteiger partial charge in [-0.3, -0.25) is 14.4 Å². The molecule has 0 radical (unpaired) electrons. The van der Waals surface area contributed by atoms with Crippen molar-refractivity contribution in [3.8, 4) is 0 Å². The fourth-order valence-electron chi connectivity index (χ4n) is 1.66. The average Bonchev–Trinajstić information content (AvgIpc) is 2.29. The first-order valence-electron chi connectivity index (χ1n) is 5.61. The van der Waals surface area contributed by atoms with Crippen molar-refractivity contribution >= 4 is 17.8 Å². The first-order valence-corrected chi connectivity index (χ1v) is 5.61. The van der Waals surface area contributed by atoms with Crippen LogP contribution in [0.2, 0.25) is 0 Å². The molecule has 0 saturated carbocycles. The first-order chi connectivity index (χ1) is 8.81. The SMILES string of the molecule is Cc1ccc(C)c(C(=O)N(CC(=O)O)CC(=O)O)c1. The number of aryl methyl sites for hydroxylation is 2. The van der Waals surface area contributed by atoms with E-state index in [-0.39, 0.29) is 0 Å². The molecule has 6 nitrogen and oxygen atoms in total. The minimum absolute atomic E-state index is 0.322. The van der Waals surface area contributed by atoms with Gasteiger partial charge in [-0.15, -0.1) is 0 Å². The van der Waals surface area contributed by atoms with Crippen LogP contribution < -0.4 is 0 Å². The molecule has 0 saturated heterocycles. The Labute approximate surface area is 110 Å². The van der Waals surface area contributed by atoms with Crippen LogP contribution >= 0.6 is 0 Å². The molecule has 0 unspecified atom stereocenters. The molecule has 0 heterocycles. The van der Waals surface area contributed by atoms with Crippen LogP contribution in [0.3, 0.4) is 0 Å². The van der Waals surface area contributed by atoms with Crippen molar-refractivity contribution in [2.75, 3.05) is 13.1 Å². The number of hydrogen-bond donors (Lipinski definition) is 2. The number of carboxylic acids is 2. The van der Waals surface area contributed by atoms with E-state index >= 15 is 0 Å². The summed E-state index contributed by atoms with van der Waals surface area (Å²) < 4.78 is 0. The van der Waals surface area contributed by atoms with Crippen LogP contribution in [0.15, 0.2) is 18.2 Å². The smallest absolute Gasteiger partial charge is 0.323 e. The van der Waals surface area contributed by atoms with Gasteiger partial charge in [0.25, 0.3) is 5.91 Å². The summed E-state index contributed by atoms with van der Waals surface area (Å²) in [5.74, 6) is -3.09. The molecule has 19 heavy (non-hydrogen) atoms. The van der Waals surface area contributed by atoms with E-state index in [2.05, 4.69) is 0 Å². The predicted molar refractivity (Wildman–Crippen MR) is 67.1 cm³/mol. The average molecular weight is 265 g/mol. The zero-order valence-corrected chi connectivity index (χ0v) is 10.7. The largest absolute Gasteiger partial charge is 0.480 e. The van der Waals surface area contributed by atoms with E-state index in [0.717, 1.165) is 10.5 Å². The quantitative estimate of drug-likeness (QED) is 0.825. The third kappa shape index (κ3) is 4.09. The van der Waals surface area contributed by atoms with E-state index in [1.807, 2.05) is 6.07 Å². The molecule has 0 aliphatic heterocycles. The molecule has 0 fully saturated rings. The topological polar surface area (TPSA) is 94.9 Å². The van der Waals surface area contributed by atoms with Gasteiger partial charge in [-0.25, -0.2) is 0 Å². The van der Waals surface area contributed by atoms with Gasteiger partial charge in [0.1, 0.15) is 13.1 Å². The molecular weight excluding hydrogens is 250 g/mol. The Morgan fingerprint density at radius 2 is 1.58 bits per heavy atom. The fourth-order valence-corrected chi connectivity index (χ4v) is 1.66. The molecule has 0 aliphatic carbocycles. The lowest BCUT2D eigenvalue weighted by Crippen LogP contribution is -2.39. The van der Waals surface area contributed by atoms with E-state index in [4.69, 9.17) is 10.2 Å². The third-order valence-corrected chi connectivity index (χ3v) is 2.56. The second-order valence-corrected chi connectivity index (χ2v) is 4.27. The standard InChI is InChI=1S/C13H15NO5/c1-8-3-4-9(2)10(5-8)13(19)14(6-11(15)16)7-12(17)18/h3-5H,6-7H2,1-2H3,(H,15,16)(H,17,18). The summed E-state index contributed by atoms with van der Waals surface area (Å²) in [7, 11) is 0. The summed E-state index contributed by atoms with van der Waals surface area (Å²) in [5, 5.41) is 17.5. The van der Waals surface area contributed by atoms with E-state index < -0.39 is 30.9 Å². The maximum absolute atomic E-state index is 12.2. The highest BCUT2D eigenvalue weighted by molar-refractivity contribution is 5.98. The summed E-state index contributed by atoms with van der Waals surface area (Å²) >= 11 is 0. The molecule has 0 aromatic heterocycles. The van der Waals surface area contributed by atoms with E-state index in [1.165, 1.54) is 0 Å². The molecule has 102 valence electrons. The molecule has 0 bridgehead atoms. The highest BCUT2D eigenvalue weighted by Crippen LogP contribution is 2.13. The molecule has 2 N–H and O–H groups in total. The minimum Gasteiger partial charge on any atom is -0.480 e. The van der Waals surface area contributed by atoms with Crippen LogP contribution in [0.4, 0.5) is 0 Å². The zero-order chi connectivity index (χ0) is 14.6. The second-order valence-electron chi connectivity index (χ2n) is 4.27. The van der Waals surface area contributed by atoms with E-state index in [9.17, 15) is 14.4 Å². The fraction of sp³-hybridized carbons (Fsp3) is 0.308. The molecule has 0 spiro atoms. The molecule has 1 rings (SSSR count). The Balaban J connectivity index is 3.07. The molecule has 0 aliphatic rings. The lowest BCUT2D eigenvalue weighted by Gasteiger charge is -2.19. The molecule has 1 aromatic carbocycles. The second kappa shape index (κ2) is 5.99. The Morgan fingerprint density at radius 1 is 1.05 bits per heavy atom. The molecule has 1 aromatic rings. The van der Waals surface area contributed by atoms with E-state index in [0.29, 0.717) is 11.1 Å². The van der Waals surface area contributed by atoms with Crippen molar-refractivity contribution in [1.29, 1.82) is 0 Å². The van der Waals surface area contributed by atoms with E-state index in [1.54, 1.807) is 26.0 Å². The zero-order valence-electron chi connectivity index (χ0n) is 10.7. The van der Waals surface area contributed by atoms with Crippen molar-refractivity contribution < 1.29 is 24.6 Å². The lowest BCUT2D eigenvalue weighted by molar-refractivity contribution is -0.140. The Morgan fingerprint density at radius 3 is 2.05 bits per heavy atom. The van der Waals surface area contributed by atoms with Crippen LogP contribution in [0.5, 0.6) is 0 Å². The highest BCUT2D eigenvalue weighted by atomic mass is 16.4. The van der Waals surface area contributed by atoms with Gasteiger partial charge in [0.05, 0.1) is 0 Å². The molecule has 0 atom stereocenters. The van der Waals surface area contributed by atoms with Crippen molar-refractivity contribution in [3.05, 3.63) is 34.9 Å². The first kappa shape index (κ1) is 14.7. The maximum Gasteiger partial charge on any atom is 0.323 e. The van der Waals surface area contributed by atoms with Gasteiger partial charge < -0.3 is 15.1 Å². The number of carboxylic acid groups (broad SMARTS) is 2. The van der Waals surface area contributed by atoms with Gasteiger partial charge in [0.2, 0.25) is 0 Å². The van der Waals surface area contributed by atoms with Gasteiger partial charge in [-0.05, 0) is 25.5 Å². The summed E-state index contributed by atoms with van der Waals surface area (Å²) in [6.45, 7) is 2.23. The number of carbonyl (C=O) groups excluding carboxylic acids is 1. The van der Waals surface area contributed by atoms with Crippen LogP contribution in [-0.4, -0.2) is 46.0 Å². The number of rotatable bonds is 5. The molecular formula is C13H15NO5. The van der Waals surface area contributed by atoms with Crippen molar-refractivity contribution in [2.45, 2.75) is 13.8 Å². The number of carbonyl (C=O) groups is 3. The van der Waals surface area contributed by atoms with Crippen molar-refractivity contribution in [2.24, 2.45) is 0 Å². The Bertz CT molecular complexity index is 508. The van der Waals surface area contributed by atoms with Gasteiger partial charge in [0, 0.05) is 5.56 Å². The van der Waals surface area contributed by atoms with Crippen LogP contribution in [0.1, 0.15) is 21.5 Å². The maximum atomic E-state index is 12.2. The monoisotopic (exact) mass is 265 g/mol. The lowest BCUT2D eigenvalue weighted by atomic mass is 10.0. The summed E-state index contributed by atoms with van der Waals surface area (Å²) in [5.41, 5.74) is 1.85. The number of hydrogen-bond acceptors (Lipinski definition) is 3. The third-order valence-electron chi connectivity index (χ3n) is 2.56. The number of nitrogens with zero attached hydrogens (tertiary/aromatic N) is 1. The van der Waals surface area contributed by atoms with Crippen molar-refractivity contribution in [1.82, 2.24) is 4.90 Å². The van der Waals surface area contributed by atoms with Crippen LogP contribution in [-0.2, 0) is 9.59 Å². The Hall–Kier alpha value is -2.37. The number of aliphatic carboxylic acids is 2. The minimum atomic E-state index is -1.25. The van der Waals surface area contributed by atoms with Gasteiger partial charge >= 0.3 is 11.9 Å². The number of amides is 1. The summed E-state index contributed by atoms with van der Waals surface area (Å²) in [4.78, 5) is 34.4. The normalized spacial score (nSPS) is 10.0. The van der Waals surface area contributed by atoms with Crippen LogP contribution in [0.25, 0.3) is 0 Å². The van der Waals surface area contributed by atoms with Gasteiger partial charge in [-0.2, -0.15) is 0 Å². The number of benzene rings is 1. The van der Waals surface area contributed by atoms with Gasteiger partial charge in [0.15, 0.2) is 0 Å². The highest BCUT2D eigenvalue weighted by Gasteiger charge is 2.22. The summed E-state index contributed by atoms with van der Waals surface area (Å²) in [6.07, 6.45) is 0. The Kier molecular flexibility index (Phi) is 4.63. The van der Waals surface area contributed by atoms with Crippen LogP contribution in [0, 0.1) is 13.8 Å². The van der Waals surface area contributed by atoms with Crippen molar-refractivity contribution in [3.63, 3.8) is 0 Å². The summed E-state index contributed by atoms with van der Waals surface area (Å²) in [6, 6.07) is 5.18. The van der Waals surface area contributed by atoms with Gasteiger partial charge in [-0.1, -0.05) is 17.7 Å². The molecule has 1 amide bonds. The predicted octanol–water partition coefficient (Wildman–Crippen LogP) is 0.915.